The second-order valence-corrected chi connectivity index (χ2v) is 13.7. The van der Waals surface area contributed by atoms with Gasteiger partial charge in [0.1, 0.15) is 6.54 Å². The third kappa shape index (κ3) is 4.55. The monoisotopic (exact) mass is 572 g/mol. The summed E-state index contributed by atoms with van der Waals surface area (Å²) < 4.78 is 11.7. The predicted octanol–water partition coefficient (Wildman–Crippen LogP) is 5.31. The molecule has 3 aliphatic heterocycles. The summed E-state index contributed by atoms with van der Waals surface area (Å²) in [5.74, 6) is 1.20. The second kappa shape index (κ2) is 10.0. The van der Waals surface area contributed by atoms with Crippen LogP contribution < -0.4 is 14.8 Å². The Balaban J connectivity index is 1.47. The summed E-state index contributed by atoms with van der Waals surface area (Å²) in [7, 11) is 1.65. The number of amides is 2. The number of rotatable bonds is 6. The zero-order valence-corrected chi connectivity index (χ0v) is 26.0. The number of hydrogen-bond acceptors (Lipinski definition) is 5. The molecule has 4 heterocycles. The van der Waals surface area contributed by atoms with Crippen molar-refractivity contribution in [3.8, 4) is 11.5 Å². The van der Waals surface area contributed by atoms with Gasteiger partial charge in [-0.1, -0.05) is 31.2 Å². The number of nitrogens with one attached hydrogen (secondary N) is 2. The molecule has 0 spiro atoms. The Labute approximate surface area is 248 Å². The van der Waals surface area contributed by atoms with Gasteiger partial charge < -0.3 is 29.6 Å². The molecule has 224 valence electrons. The van der Waals surface area contributed by atoms with E-state index in [4.69, 9.17) is 9.47 Å². The van der Waals surface area contributed by atoms with Gasteiger partial charge in [-0.15, -0.1) is 0 Å². The fraction of sp³-hybridized carbons (Fsp3) is 0.529. The number of piperazine rings is 1. The first kappa shape index (κ1) is 28.6. The number of methoxy groups -OCH3 is 1. The minimum absolute atomic E-state index is 0.00671. The van der Waals surface area contributed by atoms with Gasteiger partial charge >= 0.3 is 0 Å². The molecule has 8 heteroatoms. The molecule has 2 aromatic carbocycles. The number of carbonyl (C=O) groups is 2. The smallest absolute Gasteiger partial charge is 0.255 e. The summed E-state index contributed by atoms with van der Waals surface area (Å²) in [6.45, 7) is 13.8. The predicted molar refractivity (Wildman–Crippen MR) is 164 cm³/mol. The van der Waals surface area contributed by atoms with Crippen LogP contribution in [-0.2, 0) is 15.1 Å². The fourth-order valence-corrected chi connectivity index (χ4v) is 7.95. The molecule has 2 N–H and O–H groups in total. The Hall–Kier alpha value is -3.52. The average Bonchev–Trinajstić information content (AvgIpc) is 3.33. The van der Waals surface area contributed by atoms with Crippen LogP contribution in [0.2, 0.25) is 0 Å². The van der Waals surface area contributed by atoms with Gasteiger partial charge in [-0.3, -0.25) is 9.59 Å². The number of piperidine rings is 1. The van der Waals surface area contributed by atoms with E-state index in [2.05, 4.69) is 57.1 Å². The molecule has 0 radical (unpaired) electrons. The number of aromatic nitrogens is 1. The molecule has 42 heavy (non-hydrogen) atoms. The molecule has 0 unspecified atom stereocenters. The molecule has 3 aromatic rings. The highest BCUT2D eigenvalue weighted by atomic mass is 16.5. The number of benzene rings is 2. The van der Waals surface area contributed by atoms with Crippen LogP contribution >= 0.6 is 0 Å². The Morgan fingerprint density at radius 2 is 1.69 bits per heavy atom. The van der Waals surface area contributed by atoms with E-state index < -0.39 is 5.54 Å². The van der Waals surface area contributed by atoms with Gasteiger partial charge in [0.15, 0.2) is 17.0 Å². The largest absolute Gasteiger partial charge is 0.493 e. The third-order valence-electron chi connectivity index (χ3n) is 9.43. The van der Waals surface area contributed by atoms with Crippen molar-refractivity contribution in [1.82, 2.24) is 20.1 Å². The Morgan fingerprint density at radius 3 is 2.38 bits per heavy atom. The van der Waals surface area contributed by atoms with Crippen molar-refractivity contribution in [3.63, 3.8) is 0 Å². The SMILES string of the molecule is CCCOc1ccc([C@@H]2CN3C(=O)CN(C4CC(C)(C)NC(C)(C)C4)C(=O)[C@]3(C)c3[nH]c4ccccc4c32)cc1OC. The third-order valence-corrected chi connectivity index (χ3v) is 9.43. The van der Waals surface area contributed by atoms with Crippen molar-refractivity contribution in [2.24, 2.45) is 0 Å². The standard InChI is InChI=1S/C34H44N4O4/c1-8-15-42-26-14-13-21(16-27(26)41-7)24-19-38-28(39)20-37(22-17-32(2,3)36-33(4,5)18-22)31(40)34(38,6)30-29(24)23-11-9-10-12-25(23)35-30/h9-14,16,22,24,35-36H,8,15,17-20H2,1-7H3/t24-,34-/m0/s1. The maximum Gasteiger partial charge on any atom is 0.255 e. The Kier molecular flexibility index (Phi) is 6.84. The van der Waals surface area contributed by atoms with Crippen LogP contribution in [0.1, 0.15) is 83.5 Å². The topological polar surface area (TPSA) is 86.9 Å². The molecule has 2 amide bonds. The van der Waals surface area contributed by atoms with E-state index >= 15 is 0 Å². The van der Waals surface area contributed by atoms with Crippen molar-refractivity contribution in [1.29, 1.82) is 0 Å². The van der Waals surface area contributed by atoms with Crippen molar-refractivity contribution < 1.29 is 19.1 Å². The lowest BCUT2D eigenvalue weighted by Gasteiger charge is -2.56. The number of hydrogen-bond donors (Lipinski definition) is 2. The quantitative estimate of drug-likeness (QED) is 0.418. The lowest BCUT2D eigenvalue weighted by atomic mass is 9.74. The molecule has 8 nitrogen and oxygen atoms in total. The second-order valence-electron chi connectivity index (χ2n) is 13.7. The number of nitrogens with zero attached hydrogens (tertiary/aromatic N) is 2. The molecular weight excluding hydrogens is 528 g/mol. The van der Waals surface area contributed by atoms with Gasteiger partial charge in [-0.25, -0.2) is 0 Å². The molecule has 1 aromatic heterocycles. The number of para-hydroxylation sites is 1. The molecule has 0 bridgehead atoms. The number of ether oxygens (including phenoxy) is 2. The van der Waals surface area contributed by atoms with E-state index in [-0.39, 0.29) is 41.4 Å². The number of carbonyl (C=O) groups excluding carboxylic acids is 2. The summed E-state index contributed by atoms with van der Waals surface area (Å²) in [6, 6.07) is 14.2. The first-order valence-electron chi connectivity index (χ1n) is 15.2. The summed E-state index contributed by atoms with van der Waals surface area (Å²) in [6.07, 6.45) is 2.49. The van der Waals surface area contributed by atoms with Crippen molar-refractivity contribution in [2.45, 2.75) is 89.4 Å². The maximum absolute atomic E-state index is 14.7. The van der Waals surface area contributed by atoms with Crippen molar-refractivity contribution in [2.75, 3.05) is 26.8 Å². The lowest BCUT2D eigenvalue weighted by molar-refractivity contribution is -0.170. The summed E-state index contributed by atoms with van der Waals surface area (Å²) in [4.78, 5) is 36.2. The molecule has 2 fully saturated rings. The first-order chi connectivity index (χ1) is 19.9. The Bertz CT molecular complexity index is 1530. The summed E-state index contributed by atoms with van der Waals surface area (Å²) >= 11 is 0. The molecule has 2 saturated heterocycles. The van der Waals surface area contributed by atoms with Gasteiger partial charge in [0.2, 0.25) is 5.91 Å². The van der Waals surface area contributed by atoms with E-state index in [0.29, 0.717) is 24.7 Å². The van der Waals surface area contributed by atoms with E-state index in [1.54, 1.807) is 7.11 Å². The van der Waals surface area contributed by atoms with Crippen LogP contribution in [0.3, 0.4) is 0 Å². The average molecular weight is 573 g/mol. The Morgan fingerprint density at radius 1 is 0.976 bits per heavy atom. The van der Waals surface area contributed by atoms with Crippen LogP contribution in [0.5, 0.6) is 11.5 Å². The van der Waals surface area contributed by atoms with E-state index in [0.717, 1.165) is 47.0 Å². The van der Waals surface area contributed by atoms with E-state index in [9.17, 15) is 9.59 Å². The zero-order valence-electron chi connectivity index (χ0n) is 26.0. The van der Waals surface area contributed by atoms with Crippen molar-refractivity contribution >= 4 is 22.7 Å². The van der Waals surface area contributed by atoms with Crippen LogP contribution in [-0.4, -0.2) is 70.5 Å². The zero-order chi connectivity index (χ0) is 30.0. The van der Waals surface area contributed by atoms with Crippen LogP contribution in [0.4, 0.5) is 0 Å². The number of H-pyrrole nitrogens is 1. The summed E-state index contributed by atoms with van der Waals surface area (Å²) in [5.41, 5.74) is 2.44. The minimum atomic E-state index is -1.13. The highest BCUT2D eigenvalue weighted by Crippen LogP contribution is 2.50. The van der Waals surface area contributed by atoms with E-state index in [1.165, 1.54) is 0 Å². The van der Waals surface area contributed by atoms with Crippen LogP contribution in [0.15, 0.2) is 42.5 Å². The van der Waals surface area contributed by atoms with Crippen LogP contribution in [0, 0.1) is 0 Å². The molecular formula is C34H44N4O4. The highest BCUT2D eigenvalue weighted by Gasteiger charge is 2.58. The van der Waals surface area contributed by atoms with Gasteiger partial charge in [-0.05, 0) is 83.2 Å². The van der Waals surface area contributed by atoms with Gasteiger partial charge in [0.05, 0.1) is 19.4 Å². The minimum Gasteiger partial charge on any atom is -0.493 e. The molecule has 2 atom stereocenters. The van der Waals surface area contributed by atoms with Gasteiger partial charge in [0.25, 0.3) is 5.91 Å². The van der Waals surface area contributed by atoms with Gasteiger partial charge in [-0.2, -0.15) is 0 Å². The molecule has 0 saturated carbocycles. The number of aromatic amines is 1. The fourth-order valence-electron chi connectivity index (χ4n) is 7.95. The highest BCUT2D eigenvalue weighted by molar-refractivity contribution is 6.01. The molecule has 6 rings (SSSR count). The maximum atomic E-state index is 14.7. The lowest BCUT2D eigenvalue weighted by Crippen LogP contribution is -2.71. The van der Waals surface area contributed by atoms with E-state index in [1.807, 2.05) is 47.1 Å². The first-order valence-corrected chi connectivity index (χ1v) is 15.2. The van der Waals surface area contributed by atoms with Crippen molar-refractivity contribution in [3.05, 3.63) is 59.3 Å². The van der Waals surface area contributed by atoms with Gasteiger partial charge in [0, 0.05) is 40.5 Å². The number of fused-ring (bicyclic) bond motifs is 5. The molecule has 3 aliphatic rings. The van der Waals surface area contributed by atoms with Crippen LogP contribution in [0.25, 0.3) is 10.9 Å². The normalized spacial score (nSPS) is 25.4. The summed E-state index contributed by atoms with van der Waals surface area (Å²) in [5, 5.41) is 4.79. The molecule has 0 aliphatic carbocycles.